The minimum Gasteiger partial charge on any atom is -0.388 e. The quantitative estimate of drug-likeness (QED) is 0.515. The molecule has 3 heterocycles. The van der Waals surface area contributed by atoms with Crippen molar-refractivity contribution in [3.63, 3.8) is 0 Å². The van der Waals surface area contributed by atoms with Gasteiger partial charge < -0.3 is 9.40 Å². The minimum atomic E-state index is -4.58. The van der Waals surface area contributed by atoms with Crippen LogP contribution in [0.4, 0.5) is 22.0 Å². The maximum Gasteiger partial charge on any atom is 0.434 e. The normalized spacial score (nSPS) is 12.0. The largest absolute Gasteiger partial charge is 0.434 e. The third-order valence-electron chi connectivity index (χ3n) is 3.82. The van der Waals surface area contributed by atoms with E-state index in [2.05, 4.69) is 15.1 Å². The van der Waals surface area contributed by atoms with E-state index in [9.17, 15) is 26.7 Å². The molecular formula is C16H7F5N4O2. The second-order valence-corrected chi connectivity index (χ2v) is 5.53. The van der Waals surface area contributed by atoms with Crippen LogP contribution in [0.15, 0.2) is 39.7 Å². The highest BCUT2D eigenvalue weighted by molar-refractivity contribution is 6.01. The number of rotatable bonds is 2. The number of benzene rings is 1. The van der Waals surface area contributed by atoms with Crippen LogP contribution in [0, 0.1) is 11.6 Å². The molecule has 0 aliphatic heterocycles. The molecule has 0 radical (unpaired) electrons. The molecule has 0 unspecified atom stereocenters. The highest BCUT2D eigenvalue weighted by Crippen LogP contribution is 2.38. The third-order valence-corrected chi connectivity index (χ3v) is 3.82. The molecule has 0 fully saturated rings. The number of hydrogen-bond donors (Lipinski definition) is 2. The van der Waals surface area contributed by atoms with Crippen molar-refractivity contribution in [1.29, 1.82) is 0 Å². The number of fused-ring (bicyclic) bond motifs is 1. The first kappa shape index (κ1) is 16.9. The van der Waals surface area contributed by atoms with E-state index < -0.39 is 29.1 Å². The van der Waals surface area contributed by atoms with Gasteiger partial charge in [0.1, 0.15) is 11.6 Å². The number of pyridine rings is 1. The Morgan fingerprint density at radius 1 is 1.11 bits per heavy atom. The van der Waals surface area contributed by atoms with Crippen LogP contribution < -0.4 is 5.76 Å². The zero-order chi connectivity index (χ0) is 19.3. The summed E-state index contributed by atoms with van der Waals surface area (Å²) >= 11 is 0. The second-order valence-electron chi connectivity index (χ2n) is 5.53. The molecule has 138 valence electrons. The SMILES string of the molecule is O=c1[nH]nc(-c2c(-c3ccc(C(F)(F)F)cn3)[nH]c3c(F)cc(F)cc23)o1. The predicted octanol–water partition coefficient (Wildman–Crippen LogP) is 3.87. The summed E-state index contributed by atoms with van der Waals surface area (Å²) in [5.41, 5.74) is -1.15. The zero-order valence-corrected chi connectivity index (χ0v) is 13.0. The summed E-state index contributed by atoms with van der Waals surface area (Å²) in [6, 6.07) is 3.45. The molecule has 0 spiro atoms. The second kappa shape index (κ2) is 5.76. The van der Waals surface area contributed by atoms with Crippen molar-refractivity contribution in [3.05, 3.63) is 58.2 Å². The van der Waals surface area contributed by atoms with E-state index in [0.29, 0.717) is 12.3 Å². The van der Waals surface area contributed by atoms with Crippen molar-refractivity contribution in [1.82, 2.24) is 20.2 Å². The van der Waals surface area contributed by atoms with E-state index >= 15 is 0 Å². The number of hydrogen-bond acceptors (Lipinski definition) is 4. The Morgan fingerprint density at radius 2 is 1.89 bits per heavy atom. The van der Waals surface area contributed by atoms with Gasteiger partial charge in [-0.05, 0) is 18.2 Å². The highest BCUT2D eigenvalue weighted by Gasteiger charge is 2.31. The van der Waals surface area contributed by atoms with Crippen molar-refractivity contribution in [2.24, 2.45) is 0 Å². The highest BCUT2D eigenvalue weighted by atomic mass is 19.4. The molecule has 0 saturated carbocycles. The Balaban J connectivity index is 2.00. The molecule has 4 rings (SSSR count). The molecule has 0 bridgehead atoms. The summed E-state index contributed by atoms with van der Waals surface area (Å²) < 4.78 is 70.9. The number of halogens is 5. The van der Waals surface area contributed by atoms with Gasteiger partial charge in [-0.25, -0.2) is 18.7 Å². The summed E-state index contributed by atoms with van der Waals surface area (Å²) in [4.78, 5) is 17.6. The molecular weight excluding hydrogens is 375 g/mol. The van der Waals surface area contributed by atoms with E-state index in [0.717, 1.165) is 18.2 Å². The van der Waals surface area contributed by atoms with Crippen molar-refractivity contribution in [2.75, 3.05) is 0 Å². The fourth-order valence-corrected chi connectivity index (χ4v) is 2.68. The van der Waals surface area contributed by atoms with Gasteiger partial charge in [0.2, 0.25) is 0 Å². The molecule has 0 saturated heterocycles. The lowest BCUT2D eigenvalue weighted by molar-refractivity contribution is -0.137. The molecule has 2 N–H and O–H groups in total. The lowest BCUT2D eigenvalue weighted by Gasteiger charge is -2.07. The van der Waals surface area contributed by atoms with E-state index in [-0.39, 0.29) is 33.7 Å². The van der Waals surface area contributed by atoms with Gasteiger partial charge in [-0.15, -0.1) is 5.10 Å². The summed E-state index contributed by atoms with van der Waals surface area (Å²) in [7, 11) is 0. The summed E-state index contributed by atoms with van der Waals surface area (Å²) in [6.07, 6.45) is -3.98. The van der Waals surface area contributed by atoms with Crippen LogP contribution in [-0.2, 0) is 6.18 Å². The van der Waals surface area contributed by atoms with E-state index in [1.54, 1.807) is 0 Å². The van der Waals surface area contributed by atoms with Crippen LogP contribution in [0.5, 0.6) is 0 Å². The van der Waals surface area contributed by atoms with Crippen LogP contribution in [0.1, 0.15) is 5.56 Å². The number of nitrogens with zero attached hydrogens (tertiary/aromatic N) is 2. The van der Waals surface area contributed by atoms with Gasteiger partial charge in [-0.2, -0.15) is 13.2 Å². The van der Waals surface area contributed by atoms with E-state index in [1.165, 1.54) is 0 Å². The summed E-state index contributed by atoms with van der Waals surface area (Å²) in [6.45, 7) is 0. The predicted molar refractivity (Wildman–Crippen MR) is 82.6 cm³/mol. The van der Waals surface area contributed by atoms with Crippen molar-refractivity contribution < 1.29 is 26.4 Å². The smallest absolute Gasteiger partial charge is 0.388 e. The molecule has 11 heteroatoms. The van der Waals surface area contributed by atoms with Crippen LogP contribution >= 0.6 is 0 Å². The average Bonchev–Trinajstić information content (AvgIpc) is 3.17. The van der Waals surface area contributed by atoms with Crippen molar-refractivity contribution in [3.8, 4) is 22.8 Å². The summed E-state index contributed by atoms with van der Waals surface area (Å²) in [5, 5.41) is 5.64. The first-order valence-corrected chi connectivity index (χ1v) is 7.34. The van der Waals surface area contributed by atoms with Crippen molar-refractivity contribution in [2.45, 2.75) is 6.18 Å². The zero-order valence-electron chi connectivity index (χ0n) is 13.0. The van der Waals surface area contributed by atoms with Gasteiger partial charge >= 0.3 is 11.9 Å². The minimum absolute atomic E-state index is 0.0125. The summed E-state index contributed by atoms with van der Waals surface area (Å²) in [5.74, 6) is -3.05. The number of aromatic amines is 2. The fraction of sp³-hybridized carbons (Fsp3) is 0.0625. The Bertz CT molecular complexity index is 1200. The van der Waals surface area contributed by atoms with Gasteiger partial charge in [-0.1, -0.05) is 0 Å². The Hall–Kier alpha value is -3.50. The van der Waals surface area contributed by atoms with Gasteiger partial charge in [-0.3, -0.25) is 4.98 Å². The first-order chi connectivity index (χ1) is 12.7. The monoisotopic (exact) mass is 382 g/mol. The van der Waals surface area contributed by atoms with E-state index in [4.69, 9.17) is 4.42 Å². The lowest BCUT2D eigenvalue weighted by atomic mass is 10.1. The molecule has 0 aliphatic carbocycles. The fourth-order valence-electron chi connectivity index (χ4n) is 2.68. The maximum absolute atomic E-state index is 14.1. The van der Waals surface area contributed by atoms with Crippen LogP contribution in [0.3, 0.4) is 0 Å². The molecule has 4 aromatic rings. The third kappa shape index (κ3) is 2.86. The average molecular weight is 382 g/mol. The van der Waals surface area contributed by atoms with Gasteiger partial charge in [0.05, 0.1) is 28.0 Å². The molecule has 6 nitrogen and oxygen atoms in total. The van der Waals surface area contributed by atoms with Crippen LogP contribution in [0.2, 0.25) is 0 Å². The Kier molecular flexibility index (Phi) is 3.61. The first-order valence-electron chi connectivity index (χ1n) is 7.34. The molecule has 3 aromatic heterocycles. The molecule has 0 aliphatic rings. The van der Waals surface area contributed by atoms with Gasteiger partial charge in [0.15, 0.2) is 0 Å². The van der Waals surface area contributed by atoms with Crippen LogP contribution in [-0.4, -0.2) is 20.2 Å². The Labute approximate surface area is 145 Å². The number of aromatic nitrogens is 4. The number of H-pyrrole nitrogens is 2. The standard InChI is InChI=1S/C16H7F5N4O2/c17-7-3-8-11(14-24-25-15(26)27-14)13(23-12(8)9(18)4-7)10-2-1-6(5-22-10)16(19,20)21/h1-5,23H,(H,25,26). The van der Waals surface area contributed by atoms with Crippen LogP contribution in [0.25, 0.3) is 33.7 Å². The molecule has 27 heavy (non-hydrogen) atoms. The molecule has 0 amide bonds. The lowest BCUT2D eigenvalue weighted by Crippen LogP contribution is -2.05. The van der Waals surface area contributed by atoms with Gasteiger partial charge in [0, 0.05) is 17.6 Å². The maximum atomic E-state index is 14.1. The van der Waals surface area contributed by atoms with E-state index in [1.807, 2.05) is 5.10 Å². The number of nitrogens with one attached hydrogen (secondary N) is 2. The number of alkyl halides is 3. The van der Waals surface area contributed by atoms with Gasteiger partial charge in [0.25, 0.3) is 5.89 Å². The van der Waals surface area contributed by atoms with Crippen molar-refractivity contribution >= 4 is 10.9 Å². The molecule has 1 aromatic carbocycles. The Morgan fingerprint density at radius 3 is 2.48 bits per heavy atom. The molecule has 0 atom stereocenters. The topological polar surface area (TPSA) is 87.6 Å².